The molecule has 0 saturated carbocycles. The molecule has 0 aliphatic rings. The van der Waals surface area contributed by atoms with Gasteiger partial charge in [0, 0.05) is 11.1 Å². The van der Waals surface area contributed by atoms with Crippen LogP contribution in [0.1, 0.15) is 37.8 Å². The van der Waals surface area contributed by atoms with Gasteiger partial charge in [0.15, 0.2) is 0 Å². The minimum absolute atomic E-state index is 0.405. The number of benzene rings is 1. The van der Waals surface area contributed by atoms with Crippen LogP contribution in [0.3, 0.4) is 0 Å². The zero-order valence-electron chi connectivity index (χ0n) is 11.0. The molecular formula is C14H20Cl2O2. The van der Waals surface area contributed by atoms with Gasteiger partial charge in [-0.2, -0.15) is 0 Å². The summed E-state index contributed by atoms with van der Waals surface area (Å²) in [5.41, 5.74) is 1.89. The fraction of sp³-hybridized carbons (Fsp3) is 0.571. The molecule has 18 heavy (non-hydrogen) atoms. The van der Waals surface area contributed by atoms with E-state index in [4.69, 9.17) is 32.7 Å². The summed E-state index contributed by atoms with van der Waals surface area (Å²) in [7, 11) is 0. The van der Waals surface area contributed by atoms with Gasteiger partial charge < -0.3 is 9.47 Å². The molecule has 4 heteroatoms. The average molecular weight is 291 g/mol. The lowest BCUT2D eigenvalue weighted by Gasteiger charge is -2.15. The predicted molar refractivity (Wildman–Crippen MR) is 77.1 cm³/mol. The van der Waals surface area contributed by atoms with Crippen LogP contribution < -0.4 is 9.47 Å². The highest BCUT2D eigenvalue weighted by Gasteiger charge is 2.11. The van der Waals surface area contributed by atoms with Crippen LogP contribution >= 0.6 is 23.2 Å². The normalized spacial score (nSPS) is 10.4. The molecule has 0 heterocycles. The van der Waals surface area contributed by atoms with Crippen molar-refractivity contribution in [1.82, 2.24) is 0 Å². The Labute approximate surface area is 119 Å². The topological polar surface area (TPSA) is 18.5 Å². The van der Waals surface area contributed by atoms with Crippen molar-refractivity contribution in [3.8, 4) is 11.5 Å². The first kappa shape index (κ1) is 15.5. The molecule has 0 aromatic heterocycles. The Morgan fingerprint density at radius 3 is 1.94 bits per heavy atom. The molecule has 0 aliphatic carbocycles. The van der Waals surface area contributed by atoms with Gasteiger partial charge in [0.25, 0.3) is 0 Å². The molecule has 2 nitrogen and oxygen atoms in total. The van der Waals surface area contributed by atoms with Crippen molar-refractivity contribution in [3.05, 3.63) is 23.3 Å². The lowest BCUT2D eigenvalue weighted by atomic mass is 10.1. The third-order valence-corrected chi connectivity index (χ3v) is 3.16. The minimum atomic E-state index is 0.405. The van der Waals surface area contributed by atoms with Gasteiger partial charge in [-0.15, -0.1) is 23.2 Å². The van der Waals surface area contributed by atoms with Gasteiger partial charge >= 0.3 is 0 Å². The summed E-state index contributed by atoms with van der Waals surface area (Å²) < 4.78 is 11.3. The number of hydrogen-bond acceptors (Lipinski definition) is 2. The van der Waals surface area contributed by atoms with E-state index in [2.05, 4.69) is 6.92 Å². The lowest BCUT2D eigenvalue weighted by molar-refractivity contribution is 0.304. The smallest absolute Gasteiger partial charge is 0.124 e. The molecule has 0 spiro atoms. The average Bonchev–Trinajstić information content (AvgIpc) is 2.40. The van der Waals surface area contributed by atoms with Crippen molar-refractivity contribution < 1.29 is 9.47 Å². The number of halogens is 2. The van der Waals surface area contributed by atoms with Crippen molar-refractivity contribution >= 4 is 23.2 Å². The zero-order valence-corrected chi connectivity index (χ0v) is 12.5. The number of hydrogen-bond donors (Lipinski definition) is 0. The van der Waals surface area contributed by atoms with Gasteiger partial charge in [-0.1, -0.05) is 13.3 Å². The number of rotatable bonds is 8. The highest BCUT2D eigenvalue weighted by atomic mass is 35.5. The predicted octanol–water partition coefficient (Wildman–Crippen LogP) is 4.74. The second-order valence-corrected chi connectivity index (χ2v) is 4.50. The first-order valence-electron chi connectivity index (χ1n) is 6.30. The van der Waals surface area contributed by atoms with E-state index < -0.39 is 0 Å². The van der Waals surface area contributed by atoms with Crippen LogP contribution in [-0.2, 0) is 11.8 Å². The van der Waals surface area contributed by atoms with Gasteiger partial charge in [-0.25, -0.2) is 0 Å². The fourth-order valence-electron chi connectivity index (χ4n) is 1.60. The summed E-state index contributed by atoms with van der Waals surface area (Å²) in [5, 5.41) is 0. The molecule has 0 bridgehead atoms. The number of unbranched alkanes of at least 4 members (excludes halogenated alkanes) is 1. The van der Waals surface area contributed by atoms with Crippen LogP contribution in [0.15, 0.2) is 12.1 Å². The Hall–Kier alpha value is -0.600. The molecule has 102 valence electrons. The molecule has 1 aromatic carbocycles. The van der Waals surface area contributed by atoms with E-state index in [9.17, 15) is 0 Å². The number of alkyl halides is 2. The van der Waals surface area contributed by atoms with E-state index >= 15 is 0 Å². The standard InChI is InChI=1S/C14H20Cl2O2/c1-3-5-6-18-14-8-11(9-15)13(17-4-2)7-12(14)10-16/h7-8H,3-6,9-10H2,1-2H3. The van der Waals surface area contributed by atoms with Crippen molar-refractivity contribution in [2.75, 3.05) is 13.2 Å². The Kier molecular flexibility index (Phi) is 7.29. The van der Waals surface area contributed by atoms with Crippen LogP contribution in [0.25, 0.3) is 0 Å². The van der Waals surface area contributed by atoms with Crippen LogP contribution in [0, 0.1) is 0 Å². The van der Waals surface area contributed by atoms with Crippen molar-refractivity contribution in [1.29, 1.82) is 0 Å². The van der Waals surface area contributed by atoms with Gasteiger partial charge in [0.2, 0.25) is 0 Å². The molecule has 0 fully saturated rings. The second kappa shape index (κ2) is 8.49. The SMILES string of the molecule is CCCCOc1cc(CCl)c(OCC)cc1CCl. The summed E-state index contributed by atoms with van der Waals surface area (Å²) in [6, 6.07) is 3.86. The molecule has 0 amide bonds. The maximum Gasteiger partial charge on any atom is 0.124 e. The van der Waals surface area contributed by atoms with Gasteiger partial charge in [0.05, 0.1) is 25.0 Å². The Bertz CT molecular complexity index is 367. The summed E-state index contributed by atoms with van der Waals surface area (Å²) in [6.07, 6.45) is 2.14. The van der Waals surface area contributed by atoms with Crippen LogP contribution in [0.4, 0.5) is 0 Å². The molecule has 0 saturated heterocycles. The largest absolute Gasteiger partial charge is 0.494 e. The molecule has 0 unspecified atom stereocenters. The van der Waals surface area contributed by atoms with E-state index in [1.54, 1.807) is 0 Å². The molecule has 0 radical (unpaired) electrons. The minimum Gasteiger partial charge on any atom is -0.494 e. The van der Waals surface area contributed by atoms with Crippen molar-refractivity contribution in [3.63, 3.8) is 0 Å². The maximum atomic E-state index is 5.94. The molecule has 1 aromatic rings. The molecule has 0 N–H and O–H groups in total. The van der Waals surface area contributed by atoms with E-state index in [0.29, 0.717) is 25.0 Å². The zero-order chi connectivity index (χ0) is 13.4. The third-order valence-electron chi connectivity index (χ3n) is 2.59. The van der Waals surface area contributed by atoms with Gasteiger partial charge in [-0.3, -0.25) is 0 Å². The van der Waals surface area contributed by atoms with Crippen molar-refractivity contribution in [2.24, 2.45) is 0 Å². The molecule has 0 aliphatic heterocycles. The van der Waals surface area contributed by atoms with Gasteiger partial charge in [-0.05, 0) is 25.5 Å². The van der Waals surface area contributed by atoms with E-state index in [1.807, 2.05) is 19.1 Å². The summed E-state index contributed by atoms with van der Waals surface area (Å²) in [4.78, 5) is 0. The van der Waals surface area contributed by atoms with E-state index in [-0.39, 0.29) is 0 Å². The molecule has 0 atom stereocenters. The molecule has 1 rings (SSSR count). The lowest BCUT2D eigenvalue weighted by Crippen LogP contribution is -2.02. The first-order chi connectivity index (χ1) is 8.76. The summed E-state index contributed by atoms with van der Waals surface area (Å²) in [5.74, 6) is 2.43. The Morgan fingerprint density at radius 1 is 0.944 bits per heavy atom. The fourth-order valence-corrected chi connectivity index (χ4v) is 2.02. The Balaban J connectivity index is 2.94. The quantitative estimate of drug-likeness (QED) is 0.508. The van der Waals surface area contributed by atoms with Gasteiger partial charge in [0.1, 0.15) is 11.5 Å². The van der Waals surface area contributed by atoms with E-state index in [1.165, 1.54) is 0 Å². The first-order valence-corrected chi connectivity index (χ1v) is 7.37. The monoisotopic (exact) mass is 290 g/mol. The Morgan fingerprint density at radius 2 is 1.50 bits per heavy atom. The van der Waals surface area contributed by atoms with Crippen molar-refractivity contribution in [2.45, 2.75) is 38.4 Å². The molecular weight excluding hydrogens is 271 g/mol. The summed E-state index contributed by atoms with van der Waals surface area (Å²) >= 11 is 11.9. The third kappa shape index (κ3) is 4.25. The highest BCUT2D eigenvalue weighted by molar-refractivity contribution is 6.18. The van der Waals surface area contributed by atoms with Crippen LogP contribution in [-0.4, -0.2) is 13.2 Å². The summed E-state index contributed by atoms with van der Waals surface area (Å²) in [6.45, 7) is 5.40. The number of ether oxygens (including phenoxy) is 2. The van der Waals surface area contributed by atoms with Crippen LogP contribution in [0.5, 0.6) is 11.5 Å². The van der Waals surface area contributed by atoms with Crippen LogP contribution in [0.2, 0.25) is 0 Å². The highest BCUT2D eigenvalue weighted by Crippen LogP contribution is 2.31. The second-order valence-electron chi connectivity index (χ2n) is 3.97. The van der Waals surface area contributed by atoms with E-state index in [0.717, 1.165) is 35.5 Å². The maximum absolute atomic E-state index is 5.94.